The molecule has 0 radical (unpaired) electrons. The maximum absolute atomic E-state index is 12.8. The number of anilines is 1. The van der Waals surface area contributed by atoms with Crippen molar-refractivity contribution in [3.05, 3.63) is 72.3 Å². The molecule has 7 heteroatoms. The number of Topliss-reactive ketones (excluding diaryl/α,β-unsaturated/α-hetero) is 1. The third kappa shape index (κ3) is 4.57. The van der Waals surface area contributed by atoms with Crippen molar-refractivity contribution in [2.75, 3.05) is 18.9 Å². The highest BCUT2D eigenvalue weighted by Gasteiger charge is 2.17. The summed E-state index contributed by atoms with van der Waals surface area (Å²) in [5.41, 5.74) is 2.29. The standard InChI is InChI=1S/C22H21NO5S/c1-15(24)17-5-4-6-20(13-17)29(25,26)23-18-9-12-22(28-3)21(14-18)16-7-10-19(27-2)11-8-16/h4-14,23H,1-3H3. The SMILES string of the molecule is COc1ccc(-c2cc(NS(=O)(=O)c3cccc(C(C)=O)c3)ccc2OC)cc1. The number of methoxy groups -OCH3 is 2. The lowest BCUT2D eigenvalue weighted by Crippen LogP contribution is -2.13. The van der Waals surface area contributed by atoms with Gasteiger partial charge in [-0.2, -0.15) is 0 Å². The van der Waals surface area contributed by atoms with Gasteiger partial charge in [0.1, 0.15) is 11.5 Å². The molecular formula is C22H21NO5S. The van der Waals surface area contributed by atoms with E-state index in [9.17, 15) is 13.2 Å². The first-order chi connectivity index (χ1) is 13.8. The second kappa shape index (κ2) is 8.36. The van der Waals surface area contributed by atoms with Crippen LogP contribution in [0.3, 0.4) is 0 Å². The van der Waals surface area contributed by atoms with E-state index in [-0.39, 0.29) is 10.7 Å². The number of nitrogens with one attached hydrogen (secondary N) is 1. The summed E-state index contributed by atoms with van der Waals surface area (Å²) in [6.45, 7) is 1.39. The minimum absolute atomic E-state index is 0.0204. The molecule has 3 aromatic rings. The van der Waals surface area contributed by atoms with Gasteiger partial charge in [0, 0.05) is 16.8 Å². The maximum Gasteiger partial charge on any atom is 0.261 e. The third-order valence-electron chi connectivity index (χ3n) is 4.40. The summed E-state index contributed by atoms with van der Waals surface area (Å²) in [4.78, 5) is 11.6. The van der Waals surface area contributed by atoms with E-state index in [2.05, 4.69) is 4.72 Å². The zero-order valence-electron chi connectivity index (χ0n) is 16.3. The number of hydrogen-bond acceptors (Lipinski definition) is 5. The summed E-state index contributed by atoms with van der Waals surface area (Å²) in [5, 5.41) is 0. The van der Waals surface area contributed by atoms with Crippen LogP contribution >= 0.6 is 0 Å². The fraction of sp³-hybridized carbons (Fsp3) is 0.136. The van der Waals surface area contributed by atoms with Crippen LogP contribution in [0, 0.1) is 0 Å². The summed E-state index contributed by atoms with van der Waals surface area (Å²) in [6, 6.07) is 18.3. The molecule has 29 heavy (non-hydrogen) atoms. The van der Waals surface area contributed by atoms with E-state index in [1.807, 2.05) is 24.3 Å². The van der Waals surface area contributed by atoms with Gasteiger partial charge in [0.15, 0.2) is 5.78 Å². The third-order valence-corrected chi connectivity index (χ3v) is 5.78. The van der Waals surface area contributed by atoms with Crippen molar-refractivity contribution in [1.29, 1.82) is 0 Å². The molecule has 3 aromatic carbocycles. The Morgan fingerprint density at radius 1 is 0.897 bits per heavy atom. The Labute approximate surface area is 170 Å². The Morgan fingerprint density at radius 2 is 1.62 bits per heavy atom. The van der Waals surface area contributed by atoms with Crippen LogP contribution in [-0.4, -0.2) is 28.4 Å². The van der Waals surface area contributed by atoms with Crippen LogP contribution in [-0.2, 0) is 10.0 Å². The normalized spacial score (nSPS) is 11.0. The molecule has 0 fully saturated rings. The Kier molecular flexibility index (Phi) is 5.89. The van der Waals surface area contributed by atoms with E-state index in [1.54, 1.807) is 44.6 Å². The number of ether oxygens (including phenoxy) is 2. The van der Waals surface area contributed by atoms with E-state index >= 15 is 0 Å². The van der Waals surface area contributed by atoms with E-state index in [1.165, 1.54) is 19.1 Å². The second-order valence-electron chi connectivity index (χ2n) is 6.33. The summed E-state index contributed by atoms with van der Waals surface area (Å²) in [5.74, 6) is 1.12. The molecule has 0 saturated carbocycles. The van der Waals surface area contributed by atoms with Crippen LogP contribution in [0.2, 0.25) is 0 Å². The summed E-state index contributed by atoms with van der Waals surface area (Å²) < 4.78 is 38.8. The predicted octanol–water partition coefficient (Wildman–Crippen LogP) is 4.37. The van der Waals surface area contributed by atoms with Crippen LogP contribution in [0.1, 0.15) is 17.3 Å². The first-order valence-corrected chi connectivity index (χ1v) is 10.3. The van der Waals surface area contributed by atoms with Crippen molar-refractivity contribution >= 4 is 21.5 Å². The minimum atomic E-state index is -3.86. The van der Waals surface area contributed by atoms with Crippen LogP contribution in [0.4, 0.5) is 5.69 Å². The average Bonchev–Trinajstić information content (AvgIpc) is 2.73. The van der Waals surface area contributed by atoms with Gasteiger partial charge >= 0.3 is 0 Å². The molecule has 1 N–H and O–H groups in total. The van der Waals surface area contributed by atoms with Crippen LogP contribution in [0.5, 0.6) is 11.5 Å². The first kappa shape index (κ1) is 20.4. The van der Waals surface area contributed by atoms with Gasteiger partial charge in [0.05, 0.1) is 19.1 Å². The Balaban J connectivity index is 1.97. The van der Waals surface area contributed by atoms with Crippen molar-refractivity contribution in [1.82, 2.24) is 0 Å². The van der Waals surface area contributed by atoms with E-state index in [4.69, 9.17) is 9.47 Å². The van der Waals surface area contributed by atoms with Gasteiger partial charge in [-0.3, -0.25) is 9.52 Å². The highest BCUT2D eigenvalue weighted by molar-refractivity contribution is 7.92. The molecule has 0 saturated heterocycles. The van der Waals surface area contributed by atoms with Gasteiger partial charge in [0.2, 0.25) is 0 Å². The topological polar surface area (TPSA) is 81.7 Å². The quantitative estimate of drug-likeness (QED) is 0.584. The Hall–Kier alpha value is -3.32. The summed E-state index contributed by atoms with van der Waals surface area (Å²) in [7, 11) is -0.717. The lowest BCUT2D eigenvalue weighted by Gasteiger charge is -2.13. The molecule has 6 nitrogen and oxygen atoms in total. The second-order valence-corrected chi connectivity index (χ2v) is 8.02. The molecule has 0 spiro atoms. The average molecular weight is 411 g/mol. The van der Waals surface area contributed by atoms with Gasteiger partial charge in [-0.05, 0) is 55.0 Å². The molecule has 0 bridgehead atoms. The monoisotopic (exact) mass is 411 g/mol. The largest absolute Gasteiger partial charge is 0.497 e. The van der Waals surface area contributed by atoms with E-state index < -0.39 is 10.0 Å². The van der Waals surface area contributed by atoms with Crippen LogP contribution in [0.15, 0.2) is 71.6 Å². The molecule has 0 unspecified atom stereocenters. The maximum atomic E-state index is 12.8. The Bertz CT molecular complexity index is 1140. The van der Waals surface area contributed by atoms with Crippen molar-refractivity contribution < 1.29 is 22.7 Å². The molecule has 0 amide bonds. The minimum Gasteiger partial charge on any atom is -0.497 e. The first-order valence-electron chi connectivity index (χ1n) is 8.80. The molecule has 3 rings (SSSR count). The molecule has 150 valence electrons. The molecule has 0 atom stereocenters. The fourth-order valence-electron chi connectivity index (χ4n) is 2.86. The van der Waals surface area contributed by atoms with Gasteiger partial charge < -0.3 is 9.47 Å². The number of benzene rings is 3. The number of hydrogen-bond donors (Lipinski definition) is 1. The summed E-state index contributed by atoms with van der Waals surface area (Å²) in [6.07, 6.45) is 0. The number of carbonyl (C=O) groups is 1. The smallest absolute Gasteiger partial charge is 0.261 e. The highest BCUT2D eigenvalue weighted by atomic mass is 32.2. The Morgan fingerprint density at radius 3 is 2.24 bits per heavy atom. The number of carbonyl (C=O) groups excluding carboxylic acids is 1. The van der Waals surface area contributed by atoms with Crippen molar-refractivity contribution in [2.24, 2.45) is 0 Å². The van der Waals surface area contributed by atoms with E-state index in [0.29, 0.717) is 17.0 Å². The van der Waals surface area contributed by atoms with Crippen LogP contribution in [0.25, 0.3) is 11.1 Å². The fourth-order valence-corrected chi connectivity index (χ4v) is 3.96. The highest BCUT2D eigenvalue weighted by Crippen LogP contribution is 2.34. The number of ketones is 1. The predicted molar refractivity (Wildman–Crippen MR) is 112 cm³/mol. The zero-order valence-corrected chi connectivity index (χ0v) is 17.1. The molecule has 0 aromatic heterocycles. The van der Waals surface area contributed by atoms with Gasteiger partial charge in [-0.1, -0.05) is 24.3 Å². The number of rotatable bonds is 7. The van der Waals surface area contributed by atoms with Crippen molar-refractivity contribution in [2.45, 2.75) is 11.8 Å². The van der Waals surface area contributed by atoms with Gasteiger partial charge in [-0.15, -0.1) is 0 Å². The lowest BCUT2D eigenvalue weighted by molar-refractivity contribution is 0.101. The van der Waals surface area contributed by atoms with Crippen LogP contribution < -0.4 is 14.2 Å². The molecule has 0 aliphatic rings. The number of sulfonamides is 1. The van der Waals surface area contributed by atoms with Gasteiger partial charge in [-0.25, -0.2) is 8.42 Å². The molecule has 0 aliphatic carbocycles. The lowest BCUT2D eigenvalue weighted by atomic mass is 10.0. The van der Waals surface area contributed by atoms with Crippen molar-refractivity contribution in [3.8, 4) is 22.6 Å². The molecular weight excluding hydrogens is 390 g/mol. The molecule has 0 heterocycles. The zero-order chi connectivity index (χ0) is 21.0. The summed E-state index contributed by atoms with van der Waals surface area (Å²) >= 11 is 0. The van der Waals surface area contributed by atoms with E-state index in [0.717, 1.165) is 16.9 Å². The molecule has 0 aliphatic heterocycles. The van der Waals surface area contributed by atoms with Gasteiger partial charge in [0.25, 0.3) is 10.0 Å². The van der Waals surface area contributed by atoms with Crippen molar-refractivity contribution in [3.63, 3.8) is 0 Å².